The molecule has 7 nitrogen and oxygen atoms in total. The van der Waals surface area contributed by atoms with Gasteiger partial charge in [0.15, 0.2) is 11.5 Å². The Balaban J connectivity index is 1.88. The van der Waals surface area contributed by atoms with Crippen LogP contribution in [0.2, 0.25) is 5.02 Å². The Morgan fingerprint density at radius 3 is 2.78 bits per heavy atom. The van der Waals surface area contributed by atoms with Gasteiger partial charge in [-0.1, -0.05) is 44.5 Å². The molecular weight excluding hydrogens is 366 g/mol. The fourth-order valence-electron chi connectivity index (χ4n) is 2.72. The second-order valence-corrected chi connectivity index (χ2v) is 7.77. The van der Waals surface area contributed by atoms with Gasteiger partial charge >= 0.3 is 0 Å². The highest BCUT2D eigenvalue weighted by molar-refractivity contribution is 6.34. The number of benzene rings is 1. The molecule has 2 heterocycles. The van der Waals surface area contributed by atoms with E-state index < -0.39 is 6.10 Å². The summed E-state index contributed by atoms with van der Waals surface area (Å²) in [5.74, 6) is 0.328. The standard InChI is InChI=1S/C19H24ClN5O2/c1-6-27-11(2)18(26)21-13-9-7-8-12(10-13)16-22-17-14(20)15(19(3,4)5)23-25(17)24-16/h7-11,23H,6H2,1-5H3,(H,21,26). The van der Waals surface area contributed by atoms with E-state index in [1.54, 1.807) is 11.6 Å². The number of H-pyrrole nitrogens is 1. The van der Waals surface area contributed by atoms with Crippen molar-refractivity contribution in [2.45, 2.75) is 46.1 Å². The SMILES string of the molecule is CCOC(C)C(=O)Nc1cccc(-c2nc3c(Cl)c(C(C)(C)C)[nH]n3n2)c1. The van der Waals surface area contributed by atoms with E-state index in [1.165, 1.54) is 0 Å². The first-order valence-electron chi connectivity index (χ1n) is 8.88. The highest BCUT2D eigenvalue weighted by Gasteiger charge is 2.24. The lowest BCUT2D eigenvalue weighted by molar-refractivity contribution is -0.126. The van der Waals surface area contributed by atoms with Crippen molar-refractivity contribution in [2.24, 2.45) is 0 Å². The molecule has 2 N–H and O–H groups in total. The van der Waals surface area contributed by atoms with Crippen molar-refractivity contribution in [1.29, 1.82) is 0 Å². The van der Waals surface area contributed by atoms with Gasteiger partial charge in [-0.15, -0.1) is 5.10 Å². The largest absolute Gasteiger partial charge is 0.369 e. The van der Waals surface area contributed by atoms with Gasteiger partial charge in [0.2, 0.25) is 0 Å². The average Bonchev–Trinajstić information content (AvgIpc) is 3.15. The van der Waals surface area contributed by atoms with E-state index in [2.05, 4.69) is 41.3 Å². The van der Waals surface area contributed by atoms with Gasteiger partial charge < -0.3 is 10.1 Å². The number of nitrogens with one attached hydrogen (secondary N) is 2. The predicted octanol–water partition coefficient (Wildman–Crippen LogP) is 4.04. The highest BCUT2D eigenvalue weighted by Crippen LogP contribution is 2.32. The summed E-state index contributed by atoms with van der Waals surface area (Å²) in [5, 5.41) is 11.1. The van der Waals surface area contributed by atoms with Gasteiger partial charge in [0.25, 0.3) is 5.91 Å². The maximum absolute atomic E-state index is 12.1. The third-order valence-corrected chi connectivity index (χ3v) is 4.52. The number of aromatic nitrogens is 4. The lowest BCUT2D eigenvalue weighted by atomic mass is 9.92. The molecule has 27 heavy (non-hydrogen) atoms. The van der Waals surface area contributed by atoms with Crippen LogP contribution in [0.3, 0.4) is 0 Å². The number of halogens is 1. The molecule has 2 aromatic heterocycles. The number of hydrogen-bond donors (Lipinski definition) is 2. The number of carbonyl (C=O) groups is 1. The smallest absolute Gasteiger partial charge is 0.253 e. The molecule has 3 aromatic rings. The summed E-state index contributed by atoms with van der Waals surface area (Å²) in [6.07, 6.45) is -0.517. The van der Waals surface area contributed by atoms with Crippen molar-refractivity contribution in [3.05, 3.63) is 35.0 Å². The van der Waals surface area contributed by atoms with Crippen molar-refractivity contribution < 1.29 is 9.53 Å². The van der Waals surface area contributed by atoms with Crippen LogP contribution >= 0.6 is 11.6 Å². The lowest BCUT2D eigenvalue weighted by Gasteiger charge is -2.16. The first-order valence-corrected chi connectivity index (χ1v) is 9.26. The van der Waals surface area contributed by atoms with Crippen LogP contribution in [-0.4, -0.2) is 38.4 Å². The van der Waals surface area contributed by atoms with Crippen LogP contribution in [0.5, 0.6) is 0 Å². The Labute approximate surface area is 163 Å². The molecule has 8 heteroatoms. The maximum atomic E-state index is 12.1. The van der Waals surface area contributed by atoms with Crippen LogP contribution < -0.4 is 5.32 Å². The predicted molar refractivity (Wildman–Crippen MR) is 106 cm³/mol. The van der Waals surface area contributed by atoms with Gasteiger partial charge in [-0.2, -0.15) is 4.63 Å². The summed E-state index contributed by atoms with van der Waals surface area (Å²) in [7, 11) is 0. The van der Waals surface area contributed by atoms with Crippen LogP contribution in [0.1, 0.15) is 40.3 Å². The fraction of sp³-hybridized carbons (Fsp3) is 0.421. The van der Waals surface area contributed by atoms with Gasteiger partial charge in [0.1, 0.15) is 11.1 Å². The number of fused-ring (bicyclic) bond motifs is 1. The zero-order valence-electron chi connectivity index (χ0n) is 16.1. The summed E-state index contributed by atoms with van der Waals surface area (Å²) in [4.78, 5) is 16.7. The van der Waals surface area contributed by atoms with Crippen LogP contribution in [0.25, 0.3) is 17.0 Å². The molecule has 0 bridgehead atoms. The van der Waals surface area contributed by atoms with Gasteiger partial charge in [-0.25, -0.2) is 4.98 Å². The number of rotatable bonds is 5. The maximum Gasteiger partial charge on any atom is 0.253 e. The minimum atomic E-state index is -0.517. The number of amides is 1. The zero-order chi connectivity index (χ0) is 19.8. The quantitative estimate of drug-likeness (QED) is 0.689. The minimum absolute atomic E-state index is 0.138. The molecule has 1 atom stereocenters. The number of aromatic amines is 1. The molecule has 0 aliphatic heterocycles. The van der Waals surface area contributed by atoms with Crippen molar-refractivity contribution in [3.8, 4) is 11.4 Å². The molecule has 0 spiro atoms. The Bertz CT molecular complexity index is 970. The van der Waals surface area contributed by atoms with Crippen LogP contribution in [-0.2, 0) is 14.9 Å². The number of hydrogen-bond acceptors (Lipinski definition) is 4. The summed E-state index contributed by atoms with van der Waals surface area (Å²) in [5.41, 5.74) is 2.76. The molecule has 144 valence electrons. The molecule has 1 aromatic carbocycles. The van der Waals surface area contributed by atoms with E-state index in [-0.39, 0.29) is 11.3 Å². The van der Waals surface area contributed by atoms with E-state index in [0.717, 1.165) is 11.3 Å². The number of carbonyl (C=O) groups excluding carboxylic acids is 1. The van der Waals surface area contributed by atoms with Crippen molar-refractivity contribution in [2.75, 3.05) is 11.9 Å². The van der Waals surface area contributed by atoms with Crippen LogP contribution in [0.4, 0.5) is 5.69 Å². The summed E-state index contributed by atoms with van der Waals surface area (Å²) in [6, 6.07) is 7.36. The molecule has 1 unspecified atom stereocenters. The van der Waals surface area contributed by atoms with Gasteiger partial charge in [-0.05, 0) is 26.0 Å². The van der Waals surface area contributed by atoms with E-state index in [0.29, 0.717) is 28.8 Å². The normalized spacial score (nSPS) is 13.1. The number of ether oxygens (including phenoxy) is 1. The van der Waals surface area contributed by atoms with Crippen LogP contribution in [0.15, 0.2) is 24.3 Å². The summed E-state index contributed by atoms with van der Waals surface area (Å²) >= 11 is 6.48. The number of nitrogens with zero attached hydrogens (tertiary/aromatic N) is 3. The van der Waals surface area contributed by atoms with E-state index in [1.807, 2.05) is 31.2 Å². The molecule has 1 amide bonds. The average molecular weight is 390 g/mol. The molecule has 0 fully saturated rings. The van der Waals surface area contributed by atoms with E-state index >= 15 is 0 Å². The zero-order valence-corrected chi connectivity index (χ0v) is 16.9. The van der Waals surface area contributed by atoms with Crippen molar-refractivity contribution in [3.63, 3.8) is 0 Å². The number of anilines is 1. The highest BCUT2D eigenvalue weighted by atomic mass is 35.5. The van der Waals surface area contributed by atoms with Gasteiger partial charge in [0, 0.05) is 23.3 Å². The summed E-state index contributed by atoms with van der Waals surface area (Å²) < 4.78 is 6.90. The molecule has 0 aliphatic rings. The Kier molecular flexibility index (Phi) is 5.26. The third kappa shape index (κ3) is 3.99. The topological polar surface area (TPSA) is 84.3 Å². The second-order valence-electron chi connectivity index (χ2n) is 7.39. The lowest BCUT2D eigenvalue weighted by Crippen LogP contribution is -2.27. The molecule has 0 saturated carbocycles. The monoisotopic (exact) mass is 389 g/mol. The Morgan fingerprint density at radius 1 is 1.41 bits per heavy atom. The summed E-state index contributed by atoms with van der Waals surface area (Å²) in [6.45, 7) is 10.3. The molecule has 3 rings (SSSR count). The Hall–Kier alpha value is -2.38. The molecular formula is C19H24ClN5O2. The fourth-order valence-corrected chi connectivity index (χ4v) is 3.17. The molecule has 0 aliphatic carbocycles. The van der Waals surface area contributed by atoms with Gasteiger partial charge in [0.05, 0.1) is 5.69 Å². The van der Waals surface area contributed by atoms with Crippen LogP contribution in [0, 0.1) is 0 Å². The van der Waals surface area contributed by atoms with Crippen molar-refractivity contribution in [1.82, 2.24) is 19.8 Å². The third-order valence-electron chi connectivity index (χ3n) is 4.16. The molecule has 0 saturated heterocycles. The minimum Gasteiger partial charge on any atom is -0.369 e. The first kappa shape index (κ1) is 19.4. The van der Waals surface area contributed by atoms with E-state index in [9.17, 15) is 4.79 Å². The Morgan fingerprint density at radius 2 is 2.15 bits per heavy atom. The second kappa shape index (κ2) is 7.32. The first-order chi connectivity index (χ1) is 12.7. The molecule has 0 radical (unpaired) electrons. The van der Waals surface area contributed by atoms with E-state index in [4.69, 9.17) is 16.3 Å². The van der Waals surface area contributed by atoms with Gasteiger partial charge in [-0.3, -0.25) is 9.89 Å². The van der Waals surface area contributed by atoms with Crippen molar-refractivity contribution >= 4 is 28.8 Å².